The first-order valence-corrected chi connectivity index (χ1v) is 8.68. The highest BCUT2D eigenvalue weighted by molar-refractivity contribution is 9.09. The Morgan fingerprint density at radius 1 is 1.44 bits per heavy atom. The number of ether oxygens (including phenoxy) is 1. The van der Waals surface area contributed by atoms with E-state index in [1.807, 2.05) is 24.3 Å². The second-order valence-electron chi connectivity index (χ2n) is 4.70. The average molecular weight is 333 g/mol. The Bertz CT molecular complexity index is 513. The summed E-state index contributed by atoms with van der Waals surface area (Å²) in [6, 6.07) is 8.02. The van der Waals surface area contributed by atoms with Crippen LogP contribution in [-0.2, 0) is 21.2 Å². The first kappa shape index (κ1) is 14.0. The second-order valence-corrected chi connectivity index (χ2v) is 7.91. The molecule has 0 saturated carbocycles. The molecule has 1 fully saturated rings. The van der Waals surface area contributed by atoms with Crippen LogP contribution in [0.5, 0.6) is 0 Å². The van der Waals surface area contributed by atoms with Crippen LogP contribution < -0.4 is 0 Å². The normalized spacial score (nSPS) is 24.0. The predicted octanol–water partition coefficient (Wildman–Crippen LogP) is 2.70. The molecule has 1 aromatic carbocycles. The van der Waals surface area contributed by atoms with E-state index in [4.69, 9.17) is 4.74 Å². The van der Waals surface area contributed by atoms with Gasteiger partial charge in [0.15, 0.2) is 9.84 Å². The van der Waals surface area contributed by atoms with Crippen molar-refractivity contribution in [2.45, 2.75) is 17.9 Å². The summed E-state index contributed by atoms with van der Waals surface area (Å²) in [5, 5.41) is 0. The van der Waals surface area contributed by atoms with Crippen LogP contribution in [0.15, 0.2) is 24.3 Å². The molecule has 0 aliphatic carbocycles. The highest BCUT2D eigenvalue weighted by Gasteiger charge is 2.33. The lowest BCUT2D eigenvalue weighted by Gasteiger charge is -2.19. The Morgan fingerprint density at radius 2 is 2.17 bits per heavy atom. The quantitative estimate of drug-likeness (QED) is 0.796. The molecule has 1 heterocycles. The molecular weight excluding hydrogens is 316 g/mol. The van der Waals surface area contributed by atoms with Crippen LogP contribution in [0.1, 0.15) is 22.4 Å². The molecule has 0 aromatic heterocycles. The van der Waals surface area contributed by atoms with Gasteiger partial charge in [-0.05, 0) is 23.5 Å². The lowest BCUT2D eigenvalue weighted by atomic mass is 9.95. The Balaban J connectivity index is 2.21. The lowest BCUT2D eigenvalue weighted by molar-refractivity contribution is 0.184. The van der Waals surface area contributed by atoms with Gasteiger partial charge in [-0.15, -0.1) is 0 Å². The van der Waals surface area contributed by atoms with Crippen LogP contribution in [0.25, 0.3) is 0 Å². The number of alkyl halides is 1. The standard InChI is InChI=1S/C13H17BrO3S/c1-17-8-10-4-2-3-5-12(10)13(14)11-6-7-18(15,16)9-11/h2-5,11,13H,6-9H2,1H3. The summed E-state index contributed by atoms with van der Waals surface area (Å²) in [6.07, 6.45) is 0.736. The zero-order chi connectivity index (χ0) is 13.2. The van der Waals surface area contributed by atoms with Gasteiger partial charge in [-0.3, -0.25) is 0 Å². The fourth-order valence-corrected chi connectivity index (χ4v) is 5.38. The number of sulfone groups is 1. The molecule has 100 valence electrons. The maximum atomic E-state index is 11.5. The molecule has 2 atom stereocenters. The lowest BCUT2D eigenvalue weighted by Crippen LogP contribution is -2.11. The largest absolute Gasteiger partial charge is 0.380 e. The molecular formula is C13H17BrO3S. The summed E-state index contributed by atoms with van der Waals surface area (Å²) in [4.78, 5) is 0.0844. The molecule has 1 aliphatic heterocycles. The van der Waals surface area contributed by atoms with E-state index in [0.717, 1.165) is 17.5 Å². The molecule has 2 unspecified atom stereocenters. The van der Waals surface area contributed by atoms with E-state index in [0.29, 0.717) is 12.4 Å². The van der Waals surface area contributed by atoms with Gasteiger partial charge in [0.2, 0.25) is 0 Å². The van der Waals surface area contributed by atoms with Crippen molar-refractivity contribution in [2.75, 3.05) is 18.6 Å². The molecule has 18 heavy (non-hydrogen) atoms. The number of methoxy groups -OCH3 is 1. The van der Waals surface area contributed by atoms with Crippen LogP contribution >= 0.6 is 15.9 Å². The molecule has 0 spiro atoms. The SMILES string of the molecule is COCc1ccccc1C(Br)C1CCS(=O)(=O)C1. The Hall–Kier alpha value is -0.390. The summed E-state index contributed by atoms with van der Waals surface area (Å²) >= 11 is 3.67. The van der Waals surface area contributed by atoms with Crippen molar-refractivity contribution in [3.05, 3.63) is 35.4 Å². The van der Waals surface area contributed by atoms with Gasteiger partial charge in [0.25, 0.3) is 0 Å². The van der Waals surface area contributed by atoms with Crippen LogP contribution in [0.2, 0.25) is 0 Å². The van der Waals surface area contributed by atoms with E-state index in [9.17, 15) is 8.42 Å². The highest BCUT2D eigenvalue weighted by Crippen LogP contribution is 2.39. The van der Waals surface area contributed by atoms with Gasteiger partial charge >= 0.3 is 0 Å². The number of hydrogen-bond acceptors (Lipinski definition) is 3. The number of hydrogen-bond donors (Lipinski definition) is 0. The summed E-state index contributed by atoms with van der Waals surface area (Å²) < 4.78 is 28.3. The van der Waals surface area contributed by atoms with E-state index in [2.05, 4.69) is 15.9 Å². The van der Waals surface area contributed by atoms with Crippen molar-refractivity contribution in [3.63, 3.8) is 0 Å². The maximum absolute atomic E-state index is 11.5. The highest BCUT2D eigenvalue weighted by atomic mass is 79.9. The van der Waals surface area contributed by atoms with Gasteiger partial charge in [0.1, 0.15) is 0 Å². The zero-order valence-corrected chi connectivity index (χ0v) is 12.7. The van der Waals surface area contributed by atoms with Crippen molar-refractivity contribution in [2.24, 2.45) is 5.92 Å². The maximum Gasteiger partial charge on any atom is 0.150 e. The molecule has 3 nitrogen and oxygen atoms in total. The number of rotatable bonds is 4. The van der Waals surface area contributed by atoms with Crippen molar-refractivity contribution in [1.82, 2.24) is 0 Å². The first-order valence-electron chi connectivity index (χ1n) is 5.95. The van der Waals surface area contributed by atoms with Gasteiger partial charge in [0, 0.05) is 11.9 Å². The molecule has 0 amide bonds. The summed E-state index contributed by atoms with van der Waals surface area (Å²) in [5.74, 6) is 0.754. The summed E-state index contributed by atoms with van der Waals surface area (Å²) in [6.45, 7) is 0.553. The predicted molar refractivity (Wildman–Crippen MR) is 75.6 cm³/mol. The molecule has 0 radical (unpaired) electrons. The minimum atomic E-state index is -2.83. The van der Waals surface area contributed by atoms with Gasteiger partial charge in [-0.1, -0.05) is 40.2 Å². The zero-order valence-electron chi connectivity index (χ0n) is 10.3. The topological polar surface area (TPSA) is 43.4 Å². The third kappa shape index (κ3) is 3.13. The fraction of sp³-hybridized carbons (Fsp3) is 0.538. The smallest absolute Gasteiger partial charge is 0.150 e. The van der Waals surface area contributed by atoms with E-state index in [1.54, 1.807) is 7.11 Å². The molecule has 5 heteroatoms. The van der Waals surface area contributed by atoms with E-state index < -0.39 is 9.84 Å². The summed E-state index contributed by atoms with van der Waals surface area (Å²) in [7, 11) is -1.17. The van der Waals surface area contributed by atoms with Gasteiger partial charge in [-0.2, -0.15) is 0 Å². The van der Waals surface area contributed by atoms with E-state index in [1.165, 1.54) is 0 Å². The number of halogens is 1. The van der Waals surface area contributed by atoms with Crippen LogP contribution in [-0.4, -0.2) is 27.0 Å². The van der Waals surface area contributed by atoms with E-state index >= 15 is 0 Å². The van der Waals surface area contributed by atoms with Gasteiger partial charge in [-0.25, -0.2) is 8.42 Å². The van der Waals surface area contributed by atoms with Gasteiger partial charge in [0.05, 0.1) is 18.1 Å². The molecule has 0 bridgehead atoms. The van der Waals surface area contributed by atoms with Crippen molar-refractivity contribution >= 4 is 25.8 Å². The minimum Gasteiger partial charge on any atom is -0.380 e. The Morgan fingerprint density at radius 3 is 2.78 bits per heavy atom. The molecule has 2 rings (SSSR count). The number of benzene rings is 1. The summed E-state index contributed by atoms with van der Waals surface area (Å²) in [5.41, 5.74) is 2.26. The third-order valence-electron chi connectivity index (χ3n) is 3.33. The van der Waals surface area contributed by atoms with Crippen molar-refractivity contribution in [1.29, 1.82) is 0 Å². The first-order chi connectivity index (χ1) is 8.53. The molecule has 0 N–H and O–H groups in total. The molecule has 1 saturated heterocycles. The fourth-order valence-electron chi connectivity index (χ4n) is 2.40. The van der Waals surface area contributed by atoms with Crippen LogP contribution in [0.4, 0.5) is 0 Å². The van der Waals surface area contributed by atoms with Crippen molar-refractivity contribution in [3.8, 4) is 0 Å². The third-order valence-corrected chi connectivity index (χ3v) is 6.37. The monoisotopic (exact) mass is 332 g/mol. The van der Waals surface area contributed by atoms with E-state index in [-0.39, 0.29) is 16.5 Å². The molecule has 1 aromatic rings. The van der Waals surface area contributed by atoms with Crippen LogP contribution in [0.3, 0.4) is 0 Å². The minimum absolute atomic E-state index is 0.0844. The average Bonchev–Trinajstić information content (AvgIpc) is 2.70. The molecule has 1 aliphatic rings. The Kier molecular flexibility index (Phi) is 4.45. The van der Waals surface area contributed by atoms with Gasteiger partial charge < -0.3 is 4.74 Å². The second kappa shape index (κ2) is 5.72. The van der Waals surface area contributed by atoms with Crippen LogP contribution in [0, 0.1) is 5.92 Å². The Labute approximate surface area is 117 Å². The van der Waals surface area contributed by atoms with Crippen molar-refractivity contribution < 1.29 is 13.2 Å².